The molecule has 0 aliphatic heterocycles. The molecule has 1 heterocycles. The van der Waals surface area contributed by atoms with Gasteiger partial charge in [0.05, 0.1) is 12.7 Å². The maximum Gasteiger partial charge on any atom is 0.220 e. The lowest BCUT2D eigenvalue weighted by molar-refractivity contribution is -0.123. The summed E-state index contributed by atoms with van der Waals surface area (Å²) in [6.07, 6.45) is 5.79. The fourth-order valence-corrected chi connectivity index (χ4v) is 2.62. The molecule has 2 atom stereocenters. The van der Waals surface area contributed by atoms with Crippen LogP contribution in [0.5, 0.6) is 0 Å². The second kappa shape index (κ2) is 8.11. The van der Waals surface area contributed by atoms with Gasteiger partial charge < -0.3 is 10.4 Å². The van der Waals surface area contributed by atoms with Crippen LogP contribution in [-0.2, 0) is 23.9 Å². The average molecular weight is 329 g/mol. The van der Waals surface area contributed by atoms with Gasteiger partial charge in [-0.25, -0.2) is 0 Å². The Bertz CT molecular complexity index is 650. The summed E-state index contributed by atoms with van der Waals surface area (Å²) in [6.45, 7) is 3.95. The lowest BCUT2D eigenvalue weighted by atomic mass is 9.97. The summed E-state index contributed by atoms with van der Waals surface area (Å²) in [5, 5.41) is 17.4. The smallest absolute Gasteiger partial charge is 0.220 e. The number of hydrogen-bond acceptors (Lipinski definition) is 3. The van der Waals surface area contributed by atoms with Gasteiger partial charge in [-0.15, -0.1) is 0 Å². The highest BCUT2D eigenvalue weighted by Gasteiger charge is 2.25. The number of amides is 1. The maximum atomic E-state index is 12.1. The molecule has 0 fully saturated rings. The minimum Gasteiger partial charge on any atom is -0.383 e. The molecule has 2 N–H and O–H groups in total. The van der Waals surface area contributed by atoms with Gasteiger partial charge >= 0.3 is 0 Å². The van der Waals surface area contributed by atoms with Crippen LogP contribution in [0.25, 0.3) is 0 Å². The number of benzene rings is 1. The van der Waals surface area contributed by atoms with Crippen LogP contribution < -0.4 is 5.32 Å². The van der Waals surface area contributed by atoms with Gasteiger partial charge in [0.15, 0.2) is 0 Å². The van der Waals surface area contributed by atoms with Gasteiger partial charge in [-0.3, -0.25) is 9.48 Å². The first-order valence-electron chi connectivity index (χ1n) is 8.39. The van der Waals surface area contributed by atoms with Crippen molar-refractivity contribution < 1.29 is 9.90 Å². The van der Waals surface area contributed by atoms with Crippen molar-refractivity contribution >= 4 is 5.91 Å². The Morgan fingerprint density at radius 3 is 2.71 bits per heavy atom. The first-order chi connectivity index (χ1) is 11.4. The highest BCUT2D eigenvalue weighted by molar-refractivity contribution is 5.76. The minimum absolute atomic E-state index is 0.0280. The number of hydrogen-bond donors (Lipinski definition) is 2. The summed E-state index contributed by atoms with van der Waals surface area (Å²) in [4.78, 5) is 12.1. The van der Waals surface area contributed by atoms with Gasteiger partial charge in [0.1, 0.15) is 5.60 Å². The molecule has 0 radical (unpaired) electrons. The largest absolute Gasteiger partial charge is 0.383 e. The third-order valence-corrected chi connectivity index (χ3v) is 4.26. The molecular formula is C19H27N3O2. The van der Waals surface area contributed by atoms with Crippen LogP contribution in [0.3, 0.4) is 0 Å². The number of nitrogens with zero attached hydrogens (tertiary/aromatic N) is 2. The summed E-state index contributed by atoms with van der Waals surface area (Å²) in [7, 11) is 1.80. The quantitative estimate of drug-likeness (QED) is 0.781. The Morgan fingerprint density at radius 1 is 1.38 bits per heavy atom. The normalized spacial score (nSPS) is 14.8. The molecule has 0 saturated heterocycles. The zero-order valence-corrected chi connectivity index (χ0v) is 14.7. The first-order valence-corrected chi connectivity index (χ1v) is 8.39. The Hall–Kier alpha value is -2.14. The van der Waals surface area contributed by atoms with Crippen LogP contribution in [-0.4, -0.2) is 27.3 Å². The summed E-state index contributed by atoms with van der Waals surface area (Å²) < 4.78 is 1.64. The van der Waals surface area contributed by atoms with E-state index in [-0.39, 0.29) is 12.5 Å². The van der Waals surface area contributed by atoms with E-state index in [0.29, 0.717) is 17.9 Å². The van der Waals surface area contributed by atoms with Crippen LogP contribution in [0.1, 0.15) is 37.8 Å². The second-order valence-electron chi connectivity index (χ2n) is 6.79. The monoisotopic (exact) mass is 329 g/mol. The summed E-state index contributed by atoms with van der Waals surface area (Å²) in [5.41, 5.74) is 0.878. The Kier molecular flexibility index (Phi) is 6.15. The standard InChI is InChI=1S/C19H27N3O2/c1-15(9-10-16-7-5-4-6-8-16)11-18(23)20-14-19(2,24)17-12-21-22(3)13-17/h4-8,12-13,15,24H,9-11,14H2,1-3H3,(H,20,23). The molecule has 0 spiro atoms. The zero-order chi connectivity index (χ0) is 17.6. The van der Waals surface area contributed by atoms with Crippen LogP contribution >= 0.6 is 0 Å². The van der Waals surface area contributed by atoms with E-state index >= 15 is 0 Å². The van der Waals surface area contributed by atoms with Crippen molar-refractivity contribution in [1.82, 2.24) is 15.1 Å². The molecule has 1 aromatic heterocycles. The van der Waals surface area contributed by atoms with Gasteiger partial charge in [-0.2, -0.15) is 5.10 Å². The van der Waals surface area contributed by atoms with Gasteiger partial charge in [0, 0.05) is 25.2 Å². The van der Waals surface area contributed by atoms with Crippen molar-refractivity contribution in [3.05, 3.63) is 53.9 Å². The van der Waals surface area contributed by atoms with Gasteiger partial charge in [0.25, 0.3) is 0 Å². The third-order valence-electron chi connectivity index (χ3n) is 4.26. The number of rotatable bonds is 8. The number of aliphatic hydroxyl groups is 1. The SMILES string of the molecule is CC(CCc1ccccc1)CC(=O)NCC(C)(O)c1cnn(C)c1. The van der Waals surface area contributed by atoms with Crippen molar-refractivity contribution in [2.45, 2.75) is 38.7 Å². The zero-order valence-electron chi connectivity index (χ0n) is 14.7. The first kappa shape index (κ1) is 18.2. The number of aryl methyl sites for hydroxylation is 2. The van der Waals surface area contributed by atoms with E-state index in [2.05, 4.69) is 29.5 Å². The topological polar surface area (TPSA) is 67.2 Å². The van der Waals surface area contributed by atoms with Crippen molar-refractivity contribution in [2.24, 2.45) is 13.0 Å². The summed E-state index contributed by atoms with van der Waals surface area (Å²) in [5.74, 6) is 0.272. The van der Waals surface area contributed by atoms with E-state index in [1.54, 1.807) is 31.0 Å². The van der Waals surface area contributed by atoms with E-state index in [0.717, 1.165) is 12.8 Å². The summed E-state index contributed by atoms with van der Waals surface area (Å²) in [6, 6.07) is 10.3. The molecule has 24 heavy (non-hydrogen) atoms. The van der Waals surface area contributed by atoms with Gasteiger partial charge in [-0.1, -0.05) is 37.3 Å². The molecule has 0 aliphatic carbocycles. The predicted molar refractivity (Wildman–Crippen MR) is 94.3 cm³/mol. The third kappa shape index (κ3) is 5.49. The lowest BCUT2D eigenvalue weighted by Gasteiger charge is -2.22. The molecule has 1 amide bonds. The van der Waals surface area contributed by atoms with Crippen LogP contribution in [0.2, 0.25) is 0 Å². The molecule has 2 unspecified atom stereocenters. The molecule has 1 aromatic carbocycles. The van der Waals surface area contributed by atoms with Gasteiger partial charge in [-0.05, 0) is 31.2 Å². The molecular weight excluding hydrogens is 302 g/mol. The molecule has 5 nitrogen and oxygen atoms in total. The lowest BCUT2D eigenvalue weighted by Crippen LogP contribution is -2.38. The highest BCUT2D eigenvalue weighted by Crippen LogP contribution is 2.19. The number of carbonyl (C=O) groups excluding carboxylic acids is 1. The highest BCUT2D eigenvalue weighted by atomic mass is 16.3. The Morgan fingerprint density at radius 2 is 2.08 bits per heavy atom. The predicted octanol–water partition coefficient (Wildman–Crippen LogP) is 2.40. The van der Waals surface area contributed by atoms with Gasteiger partial charge in [0.2, 0.25) is 5.91 Å². The van der Waals surface area contributed by atoms with E-state index in [1.165, 1.54) is 5.56 Å². The van der Waals surface area contributed by atoms with E-state index < -0.39 is 5.60 Å². The van der Waals surface area contributed by atoms with Crippen LogP contribution in [0.4, 0.5) is 0 Å². The van der Waals surface area contributed by atoms with E-state index in [9.17, 15) is 9.90 Å². The second-order valence-corrected chi connectivity index (χ2v) is 6.79. The van der Waals surface area contributed by atoms with Crippen molar-refractivity contribution in [3.63, 3.8) is 0 Å². The molecule has 0 saturated carbocycles. The fourth-order valence-electron chi connectivity index (χ4n) is 2.62. The Labute approximate surface area is 143 Å². The van der Waals surface area contributed by atoms with Crippen LogP contribution in [0, 0.1) is 5.92 Å². The molecule has 5 heteroatoms. The fraction of sp³-hybridized carbons (Fsp3) is 0.474. The van der Waals surface area contributed by atoms with Crippen molar-refractivity contribution in [2.75, 3.05) is 6.54 Å². The minimum atomic E-state index is -1.11. The molecule has 0 bridgehead atoms. The maximum absolute atomic E-state index is 12.1. The van der Waals surface area contributed by atoms with Crippen LogP contribution in [0.15, 0.2) is 42.7 Å². The molecule has 130 valence electrons. The molecule has 2 rings (SSSR count). The van der Waals surface area contributed by atoms with Crippen molar-refractivity contribution in [3.8, 4) is 0 Å². The van der Waals surface area contributed by atoms with Crippen molar-refractivity contribution in [1.29, 1.82) is 0 Å². The number of nitrogens with one attached hydrogen (secondary N) is 1. The molecule has 2 aromatic rings. The molecule has 0 aliphatic rings. The Balaban J connectivity index is 1.74. The number of aromatic nitrogens is 2. The van der Waals surface area contributed by atoms with E-state index in [4.69, 9.17) is 0 Å². The summed E-state index contributed by atoms with van der Waals surface area (Å²) >= 11 is 0. The number of carbonyl (C=O) groups is 1. The van der Waals surface area contributed by atoms with E-state index in [1.807, 2.05) is 18.2 Å². The average Bonchev–Trinajstić information content (AvgIpc) is 3.00.